The summed E-state index contributed by atoms with van der Waals surface area (Å²) in [5.41, 5.74) is -0.192. The molecule has 4 nitrogen and oxygen atoms in total. The lowest BCUT2D eigenvalue weighted by molar-refractivity contribution is -0.189. The van der Waals surface area contributed by atoms with Gasteiger partial charge in [0.15, 0.2) is 0 Å². The molecular weight excluding hydrogens is 216 g/mol. The molecule has 0 amide bonds. The first kappa shape index (κ1) is 14.9. The summed E-state index contributed by atoms with van der Waals surface area (Å²) in [7, 11) is 3.75. The fourth-order valence-electron chi connectivity index (χ4n) is 2.83. The number of ether oxygens (including phenoxy) is 2. The third-order valence-electron chi connectivity index (χ3n) is 3.04. The Hall–Kier alpha value is -0.160. The van der Waals surface area contributed by atoms with E-state index in [1.807, 2.05) is 7.05 Å². The van der Waals surface area contributed by atoms with Gasteiger partial charge in [0, 0.05) is 32.8 Å². The standard InChI is InChI=1S/C13H28N2O2/c1-12(2)9-15(10-13(3,4)17-12)11(7-14-5)8-16-6/h11,14H,7-10H2,1-6H3. The van der Waals surface area contributed by atoms with Crippen molar-refractivity contribution < 1.29 is 9.47 Å². The van der Waals surface area contributed by atoms with Crippen molar-refractivity contribution in [1.82, 2.24) is 10.2 Å². The largest absolute Gasteiger partial charge is 0.383 e. The van der Waals surface area contributed by atoms with Crippen LogP contribution in [0.15, 0.2) is 0 Å². The number of morpholine rings is 1. The van der Waals surface area contributed by atoms with E-state index in [1.54, 1.807) is 7.11 Å². The third-order valence-corrected chi connectivity index (χ3v) is 3.04. The van der Waals surface area contributed by atoms with Crippen LogP contribution in [0.5, 0.6) is 0 Å². The molecular formula is C13H28N2O2. The molecule has 1 rings (SSSR count). The van der Waals surface area contributed by atoms with Crippen molar-refractivity contribution >= 4 is 0 Å². The second-order valence-corrected chi connectivity index (χ2v) is 6.19. The van der Waals surface area contributed by atoms with Crippen molar-refractivity contribution in [2.75, 3.05) is 40.4 Å². The van der Waals surface area contributed by atoms with Gasteiger partial charge in [0.05, 0.1) is 17.8 Å². The van der Waals surface area contributed by atoms with Crippen molar-refractivity contribution in [3.8, 4) is 0 Å². The molecule has 1 atom stereocenters. The molecule has 4 heteroatoms. The van der Waals surface area contributed by atoms with Crippen molar-refractivity contribution in [1.29, 1.82) is 0 Å². The van der Waals surface area contributed by atoms with Gasteiger partial charge in [-0.05, 0) is 34.7 Å². The molecule has 0 saturated carbocycles. The van der Waals surface area contributed by atoms with Crippen molar-refractivity contribution in [2.45, 2.75) is 44.9 Å². The Morgan fingerprint density at radius 3 is 2.18 bits per heavy atom. The fourth-order valence-corrected chi connectivity index (χ4v) is 2.83. The van der Waals surface area contributed by atoms with E-state index in [2.05, 4.69) is 37.9 Å². The summed E-state index contributed by atoms with van der Waals surface area (Å²) in [6.07, 6.45) is 0. The lowest BCUT2D eigenvalue weighted by Gasteiger charge is -2.49. The topological polar surface area (TPSA) is 33.7 Å². The lowest BCUT2D eigenvalue weighted by Crippen LogP contribution is -2.61. The number of hydrogen-bond donors (Lipinski definition) is 1. The van der Waals surface area contributed by atoms with Crippen LogP contribution in [-0.4, -0.2) is 62.5 Å². The lowest BCUT2D eigenvalue weighted by atomic mass is 9.97. The Bertz CT molecular complexity index is 220. The number of methoxy groups -OCH3 is 1. The summed E-state index contributed by atoms with van der Waals surface area (Å²) < 4.78 is 11.4. The molecule has 0 aromatic rings. The molecule has 1 fully saturated rings. The molecule has 1 aliphatic heterocycles. The number of nitrogens with one attached hydrogen (secondary N) is 1. The summed E-state index contributed by atoms with van der Waals surface area (Å²) in [4.78, 5) is 2.48. The second kappa shape index (κ2) is 5.65. The Morgan fingerprint density at radius 1 is 1.24 bits per heavy atom. The van der Waals surface area contributed by atoms with Crippen LogP contribution in [0.2, 0.25) is 0 Å². The van der Waals surface area contributed by atoms with Crippen molar-refractivity contribution in [2.24, 2.45) is 0 Å². The maximum Gasteiger partial charge on any atom is 0.0760 e. The normalized spacial score (nSPS) is 25.8. The van der Waals surface area contributed by atoms with Crippen LogP contribution in [0, 0.1) is 0 Å². The molecule has 0 aliphatic carbocycles. The summed E-state index contributed by atoms with van der Waals surface area (Å²) >= 11 is 0. The molecule has 0 bridgehead atoms. The predicted octanol–water partition coefficient (Wildman–Crippen LogP) is 1.11. The van der Waals surface area contributed by atoms with Crippen LogP contribution in [-0.2, 0) is 9.47 Å². The second-order valence-electron chi connectivity index (χ2n) is 6.19. The van der Waals surface area contributed by atoms with Gasteiger partial charge in [-0.2, -0.15) is 0 Å². The van der Waals surface area contributed by atoms with E-state index >= 15 is 0 Å². The minimum Gasteiger partial charge on any atom is -0.383 e. The Kier molecular flexibility index (Phi) is 4.95. The summed E-state index contributed by atoms with van der Waals surface area (Å²) in [6, 6.07) is 0.410. The van der Waals surface area contributed by atoms with Gasteiger partial charge in [-0.1, -0.05) is 0 Å². The van der Waals surface area contributed by atoms with Crippen LogP contribution >= 0.6 is 0 Å². The fraction of sp³-hybridized carbons (Fsp3) is 1.00. The molecule has 0 spiro atoms. The molecule has 0 aromatic heterocycles. The first-order valence-electron chi connectivity index (χ1n) is 6.37. The zero-order valence-corrected chi connectivity index (χ0v) is 12.2. The molecule has 1 aliphatic rings. The van der Waals surface area contributed by atoms with Gasteiger partial charge >= 0.3 is 0 Å². The molecule has 0 radical (unpaired) electrons. The van der Waals surface area contributed by atoms with Crippen molar-refractivity contribution in [3.05, 3.63) is 0 Å². The summed E-state index contributed by atoms with van der Waals surface area (Å²) in [5, 5.41) is 3.24. The van der Waals surface area contributed by atoms with Crippen LogP contribution in [0.3, 0.4) is 0 Å². The number of nitrogens with zero attached hydrogens (tertiary/aromatic N) is 1. The molecule has 1 unspecified atom stereocenters. The van der Waals surface area contributed by atoms with Gasteiger partial charge in [0.25, 0.3) is 0 Å². The average molecular weight is 244 g/mol. The first-order valence-corrected chi connectivity index (χ1v) is 6.37. The van der Waals surface area contributed by atoms with Crippen LogP contribution < -0.4 is 5.32 Å². The smallest absolute Gasteiger partial charge is 0.0760 e. The average Bonchev–Trinajstić information content (AvgIpc) is 2.12. The zero-order valence-electron chi connectivity index (χ0n) is 12.2. The molecule has 0 aromatic carbocycles. The number of hydrogen-bond acceptors (Lipinski definition) is 4. The van der Waals surface area contributed by atoms with E-state index in [9.17, 15) is 0 Å². The minimum absolute atomic E-state index is 0.0958. The van der Waals surface area contributed by atoms with Crippen LogP contribution in [0.1, 0.15) is 27.7 Å². The highest BCUT2D eigenvalue weighted by molar-refractivity contribution is 4.92. The quantitative estimate of drug-likeness (QED) is 0.785. The molecule has 1 N–H and O–H groups in total. The third kappa shape index (κ3) is 4.54. The molecule has 102 valence electrons. The summed E-state index contributed by atoms with van der Waals surface area (Å²) in [5.74, 6) is 0. The Balaban J connectivity index is 2.73. The van der Waals surface area contributed by atoms with E-state index < -0.39 is 0 Å². The first-order chi connectivity index (χ1) is 7.79. The van der Waals surface area contributed by atoms with E-state index in [0.717, 1.165) is 26.2 Å². The summed E-state index contributed by atoms with van der Waals surface area (Å²) in [6.45, 7) is 12.2. The SMILES string of the molecule is CNCC(COC)N1CC(C)(C)OC(C)(C)C1. The van der Waals surface area contributed by atoms with Crippen molar-refractivity contribution in [3.63, 3.8) is 0 Å². The Labute approximate surface area is 106 Å². The maximum atomic E-state index is 6.09. The zero-order chi connectivity index (χ0) is 13.1. The minimum atomic E-state index is -0.0958. The van der Waals surface area contributed by atoms with E-state index in [1.165, 1.54) is 0 Å². The molecule has 1 heterocycles. The highest BCUT2D eigenvalue weighted by Gasteiger charge is 2.40. The monoisotopic (exact) mass is 244 g/mol. The van der Waals surface area contributed by atoms with E-state index in [-0.39, 0.29) is 11.2 Å². The van der Waals surface area contributed by atoms with E-state index in [4.69, 9.17) is 9.47 Å². The van der Waals surface area contributed by atoms with Gasteiger partial charge < -0.3 is 14.8 Å². The van der Waals surface area contributed by atoms with Gasteiger partial charge in [0.2, 0.25) is 0 Å². The van der Waals surface area contributed by atoms with Crippen LogP contribution in [0.25, 0.3) is 0 Å². The molecule has 1 saturated heterocycles. The predicted molar refractivity (Wildman–Crippen MR) is 70.4 cm³/mol. The number of likely N-dealkylation sites (N-methyl/N-ethyl adjacent to an activating group) is 1. The highest BCUT2D eigenvalue weighted by atomic mass is 16.5. The van der Waals surface area contributed by atoms with E-state index in [0.29, 0.717) is 6.04 Å². The van der Waals surface area contributed by atoms with Crippen LogP contribution in [0.4, 0.5) is 0 Å². The number of rotatable bonds is 5. The van der Waals surface area contributed by atoms with Gasteiger partial charge in [0.1, 0.15) is 0 Å². The maximum absolute atomic E-state index is 6.09. The van der Waals surface area contributed by atoms with Gasteiger partial charge in [-0.3, -0.25) is 4.90 Å². The molecule has 17 heavy (non-hydrogen) atoms. The van der Waals surface area contributed by atoms with Gasteiger partial charge in [-0.15, -0.1) is 0 Å². The highest BCUT2D eigenvalue weighted by Crippen LogP contribution is 2.29. The Morgan fingerprint density at radius 2 is 1.76 bits per heavy atom. The van der Waals surface area contributed by atoms with Gasteiger partial charge in [-0.25, -0.2) is 0 Å².